The highest BCUT2D eigenvalue weighted by Crippen LogP contribution is 2.31. The average Bonchev–Trinajstić information content (AvgIpc) is 2.96. The molecule has 2 heterocycles. The Balaban J connectivity index is 2.16. The molecule has 2 rings (SSSR count). The molecule has 2 aromatic rings. The molecule has 0 aromatic carbocycles. The van der Waals surface area contributed by atoms with Gasteiger partial charge in [-0.15, -0.1) is 11.3 Å². The van der Waals surface area contributed by atoms with Gasteiger partial charge in [0.2, 0.25) is 0 Å². The smallest absolute Gasteiger partial charge is 0.134 e. The van der Waals surface area contributed by atoms with Crippen LogP contribution in [-0.4, -0.2) is 24.1 Å². The molecule has 2 aromatic heterocycles. The van der Waals surface area contributed by atoms with Gasteiger partial charge in [-0.2, -0.15) is 0 Å². The number of nitrogens with one attached hydrogen (secondary N) is 2. The lowest BCUT2D eigenvalue weighted by molar-refractivity contribution is 0.404. The molecule has 16 heavy (non-hydrogen) atoms. The molecule has 0 bridgehead atoms. The third kappa shape index (κ3) is 2.25. The Morgan fingerprint density at radius 1 is 1.62 bits per heavy atom. The van der Waals surface area contributed by atoms with E-state index in [9.17, 15) is 0 Å². The Labute approximate surface area is 98.7 Å². The van der Waals surface area contributed by atoms with E-state index in [1.807, 2.05) is 24.7 Å². The van der Waals surface area contributed by atoms with Crippen LogP contribution in [0.1, 0.15) is 16.7 Å². The molecule has 0 radical (unpaired) electrons. The highest BCUT2D eigenvalue weighted by molar-refractivity contribution is 7.10. The molecule has 86 valence electrons. The summed E-state index contributed by atoms with van der Waals surface area (Å²) < 4.78 is 5.33. The minimum atomic E-state index is 0.237. The second-order valence-corrected chi connectivity index (χ2v) is 4.38. The highest BCUT2D eigenvalue weighted by Gasteiger charge is 2.17. The maximum Gasteiger partial charge on any atom is 0.134 e. The normalized spacial score (nSPS) is 12.6. The van der Waals surface area contributed by atoms with Gasteiger partial charge in [0.25, 0.3) is 0 Å². The molecule has 0 fully saturated rings. The van der Waals surface area contributed by atoms with Crippen molar-refractivity contribution in [3.8, 4) is 5.75 Å². The van der Waals surface area contributed by atoms with E-state index >= 15 is 0 Å². The fourth-order valence-corrected chi connectivity index (χ4v) is 2.63. The quantitative estimate of drug-likeness (QED) is 0.836. The first kappa shape index (κ1) is 11.2. The van der Waals surface area contributed by atoms with Crippen LogP contribution in [0.25, 0.3) is 0 Å². The van der Waals surface area contributed by atoms with Gasteiger partial charge < -0.3 is 15.0 Å². The predicted molar refractivity (Wildman–Crippen MR) is 65.0 cm³/mol. The number of rotatable bonds is 5. The van der Waals surface area contributed by atoms with E-state index in [1.54, 1.807) is 24.6 Å². The number of H-pyrrole nitrogens is 1. The van der Waals surface area contributed by atoms with Crippen LogP contribution in [0.2, 0.25) is 0 Å². The first-order valence-corrected chi connectivity index (χ1v) is 6.00. The molecule has 0 saturated heterocycles. The van der Waals surface area contributed by atoms with Gasteiger partial charge >= 0.3 is 0 Å². The summed E-state index contributed by atoms with van der Waals surface area (Å²) in [4.78, 5) is 8.56. The summed E-state index contributed by atoms with van der Waals surface area (Å²) in [6.07, 6.45) is 4.45. The van der Waals surface area contributed by atoms with Crippen LogP contribution in [0.4, 0.5) is 0 Å². The summed E-state index contributed by atoms with van der Waals surface area (Å²) in [6, 6.07) is 2.23. The van der Waals surface area contributed by atoms with E-state index in [0.29, 0.717) is 0 Å². The minimum absolute atomic E-state index is 0.237. The van der Waals surface area contributed by atoms with Crippen LogP contribution in [-0.2, 0) is 6.42 Å². The molecule has 1 unspecified atom stereocenters. The van der Waals surface area contributed by atoms with Crippen molar-refractivity contribution in [1.29, 1.82) is 0 Å². The van der Waals surface area contributed by atoms with E-state index in [2.05, 4.69) is 15.3 Å². The maximum absolute atomic E-state index is 5.33. The second-order valence-electron chi connectivity index (χ2n) is 3.43. The molecular weight excluding hydrogens is 222 g/mol. The van der Waals surface area contributed by atoms with Crippen LogP contribution < -0.4 is 10.1 Å². The highest BCUT2D eigenvalue weighted by atomic mass is 32.1. The summed E-state index contributed by atoms with van der Waals surface area (Å²) in [7, 11) is 3.65. The molecule has 5 heteroatoms. The molecule has 0 saturated carbocycles. The van der Waals surface area contributed by atoms with Crippen molar-refractivity contribution >= 4 is 11.3 Å². The van der Waals surface area contributed by atoms with E-state index in [1.165, 1.54) is 4.88 Å². The first-order chi connectivity index (χ1) is 7.85. The van der Waals surface area contributed by atoms with E-state index in [0.717, 1.165) is 18.0 Å². The van der Waals surface area contributed by atoms with E-state index in [-0.39, 0.29) is 6.04 Å². The van der Waals surface area contributed by atoms with Gasteiger partial charge in [0.05, 0.1) is 18.0 Å². The van der Waals surface area contributed by atoms with E-state index < -0.39 is 0 Å². The van der Waals surface area contributed by atoms with Crippen molar-refractivity contribution < 1.29 is 4.74 Å². The SMILES string of the molecule is CNC(Cc1ncc[nH]1)c1sccc1OC. The Kier molecular flexibility index (Phi) is 3.58. The molecule has 0 spiro atoms. The Morgan fingerprint density at radius 2 is 2.50 bits per heavy atom. The van der Waals surface area contributed by atoms with Gasteiger partial charge in [0, 0.05) is 18.8 Å². The lowest BCUT2D eigenvalue weighted by atomic mass is 10.1. The zero-order valence-corrected chi connectivity index (χ0v) is 10.2. The van der Waals surface area contributed by atoms with Crippen molar-refractivity contribution in [2.45, 2.75) is 12.5 Å². The summed E-state index contributed by atoms with van der Waals surface area (Å²) in [5, 5.41) is 5.33. The van der Waals surface area contributed by atoms with Gasteiger partial charge in [0.1, 0.15) is 11.6 Å². The monoisotopic (exact) mass is 237 g/mol. The molecule has 2 N–H and O–H groups in total. The number of likely N-dealkylation sites (N-methyl/N-ethyl adjacent to an activating group) is 1. The van der Waals surface area contributed by atoms with Gasteiger partial charge in [0.15, 0.2) is 0 Å². The molecular formula is C11H15N3OS. The van der Waals surface area contributed by atoms with Gasteiger partial charge in [-0.25, -0.2) is 4.98 Å². The Morgan fingerprint density at radius 3 is 3.12 bits per heavy atom. The lowest BCUT2D eigenvalue weighted by Gasteiger charge is -2.14. The third-order valence-corrected chi connectivity index (χ3v) is 3.51. The number of nitrogens with zero attached hydrogens (tertiary/aromatic N) is 1. The van der Waals surface area contributed by atoms with Crippen LogP contribution in [0, 0.1) is 0 Å². The molecule has 1 atom stereocenters. The zero-order chi connectivity index (χ0) is 11.4. The molecule has 0 aliphatic carbocycles. The average molecular weight is 237 g/mol. The fraction of sp³-hybridized carbons (Fsp3) is 0.364. The molecule has 0 amide bonds. The number of methoxy groups -OCH3 is 1. The van der Waals surface area contributed by atoms with Crippen LogP contribution >= 0.6 is 11.3 Å². The second kappa shape index (κ2) is 5.14. The first-order valence-electron chi connectivity index (χ1n) is 5.12. The van der Waals surface area contributed by atoms with Gasteiger partial charge in [-0.1, -0.05) is 0 Å². The number of aromatic amines is 1. The minimum Gasteiger partial charge on any atom is -0.496 e. The summed E-state index contributed by atoms with van der Waals surface area (Å²) in [6.45, 7) is 0. The van der Waals surface area contributed by atoms with Crippen molar-refractivity contribution in [3.63, 3.8) is 0 Å². The van der Waals surface area contributed by atoms with Crippen molar-refractivity contribution in [3.05, 3.63) is 34.5 Å². The Hall–Kier alpha value is -1.33. The lowest BCUT2D eigenvalue weighted by Crippen LogP contribution is -2.18. The number of aromatic nitrogens is 2. The van der Waals surface area contributed by atoms with Crippen molar-refractivity contribution in [2.24, 2.45) is 0 Å². The van der Waals surface area contributed by atoms with Crippen molar-refractivity contribution in [1.82, 2.24) is 15.3 Å². The Bertz CT molecular complexity index is 424. The summed E-state index contributed by atoms with van der Waals surface area (Å²) in [5.74, 6) is 1.92. The summed E-state index contributed by atoms with van der Waals surface area (Å²) >= 11 is 1.70. The van der Waals surface area contributed by atoms with Crippen LogP contribution in [0.5, 0.6) is 5.75 Å². The van der Waals surface area contributed by atoms with Gasteiger partial charge in [-0.05, 0) is 18.5 Å². The third-order valence-electron chi connectivity index (χ3n) is 2.49. The van der Waals surface area contributed by atoms with E-state index in [4.69, 9.17) is 4.74 Å². The van der Waals surface area contributed by atoms with Crippen LogP contribution in [0.3, 0.4) is 0 Å². The van der Waals surface area contributed by atoms with Gasteiger partial charge in [-0.3, -0.25) is 0 Å². The predicted octanol–water partition coefficient (Wildman–Crippen LogP) is 1.98. The summed E-state index contributed by atoms with van der Waals surface area (Å²) in [5.41, 5.74) is 0. The number of thiophene rings is 1. The number of hydrogen-bond acceptors (Lipinski definition) is 4. The molecule has 0 aliphatic heterocycles. The standard InChI is InChI=1S/C11H15N3OS/c1-12-8(7-10-13-4-5-14-10)11-9(15-2)3-6-16-11/h3-6,8,12H,7H2,1-2H3,(H,13,14). The molecule has 0 aliphatic rings. The fourth-order valence-electron chi connectivity index (χ4n) is 1.66. The van der Waals surface area contributed by atoms with Crippen molar-refractivity contribution in [2.75, 3.05) is 14.2 Å². The number of hydrogen-bond donors (Lipinski definition) is 2. The molecule has 4 nitrogen and oxygen atoms in total. The largest absolute Gasteiger partial charge is 0.496 e. The number of ether oxygens (including phenoxy) is 1. The van der Waals surface area contributed by atoms with Crippen LogP contribution in [0.15, 0.2) is 23.8 Å². The number of imidazole rings is 1. The zero-order valence-electron chi connectivity index (χ0n) is 9.36. The topological polar surface area (TPSA) is 49.9 Å². The maximum atomic E-state index is 5.33.